The minimum Gasteiger partial charge on any atom is -0.456 e. The lowest BCUT2D eigenvalue weighted by molar-refractivity contribution is 0.442. The van der Waals surface area contributed by atoms with Gasteiger partial charge in [0, 0.05) is 0 Å². The third-order valence-corrected chi connectivity index (χ3v) is 1.89. The van der Waals surface area contributed by atoms with Crippen LogP contribution >= 0.6 is 15.9 Å². The standard InChI is InChI=1S/C11H10BrNO/c1-3-5-9(4-2)14-10-6-7-11(12)13-8-10/h3-8H,1-2H2/b9-5+. The summed E-state index contributed by atoms with van der Waals surface area (Å²) in [6, 6.07) is 3.63. The van der Waals surface area contributed by atoms with Gasteiger partial charge in [-0.15, -0.1) is 0 Å². The smallest absolute Gasteiger partial charge is 0.145 e. The van der Waals surface area contributed by atoms with Crippen LogP contribution < -0.4 is 4.74 Å². The predicted molar refractivity (Wildman–Crippen MR) is 61.0 cm³/mol. The molecule has 0 atom stereocenters. The third-order valence-electron chi connectivity index (χ3n) is 1.42. The van der Waals surface area contributed by atoms with E-state index in [0.717, 1.165) is 4.60 Å². The Kier molecular flexibility index (Phi) is 4.13. The van der Waals surface area contributed by atoms with Crippen molar-refractivity contribution in [2.45, 2.75) is 0 Å². The van der Waals surface area contributed by atoms with Crippen molar-refractivity contribution in [2.75, 3.05) is 0 Å². The first-order valence-corrected chi connectivity index (χ1v) is 4.80. The Labute approximate surface area is 91.8 Å². The van der Waals surface area contributed by atoms with Crippen LogP contribution in [0.2, 0.25) is 0 Å². The van der Waals surface area contributed by atoms with E-state index in [1.54, 1.807) is 24.4 Å². The molecular weight excluding hydrogens is 242 g/mol. The number of rotatable bonds is 4. The Morgan fingerprint density at radius 1 is 1.43 bits per heavy atom. The van der Waals surface area contributed by atoms with Crippen LogP contribution in [0.1, 0.15) is 0 Å². The second kappa shape index (κ2) is 5.40. The van der Waals surface area contributed by atoms with Crippen molar-refractivity contribution in [2.24, 2.45) is 0 Å². The van der Waals surface area contributed by atoms with Gasteiger partial charge in [0.25, 0.3) is 0 Å². The van der Waals surface area contributed by atoms with E-state index >= 15 is 0 Å². The second-order valence-corrected chi connectivity index (χ2v) is 3.24. The third kappa shape index (κ3) is 3.18. The summed E-state index contributed by atoms with van der Waals surface area (Å²) in [5, 5.41) is 0. The van der Waals surface area contributed by atoms with Crippen molar-refractivity contribution in [3.8, 4) is 5.75 Å². The Bertz CT molecular complexity index is 354. The van der Waals surface area contributed by atoms with E-state index in [-0.39, 0.29) is 0 Å². The van der Waals surface area contributed by atoms with Crippen LogP contribution in [0.3, 0.4) is 0 Å². The van der Waals surface area contributed by atoms with Gasteiger partial charge in [0.2, 0.25) is 0 Å². The topological polar surface area (TPSA) is 22.1 Å². The molecule has 2 nitrogen and oxygen atoms in total. The summed E-state index contributed by atoms with van der Waals surface area (Å²) in [6.45, 7) is 7.20. The van der Waals surface area contributed by atoms with Crippen LogP contribution in [-0.4, -0.2) is 4.98 Å². The van der Waals surface area contributed by atoms with Crippen LogP contribution in [0.25, 0.3) is 0 Å². The molecule has 1 rings (SSSR count). The molecule has 1 heterocycles. The van der Waals surface area contributed by atoms with Crippen molar-refractivity contribution in [3.05, 3.63) is 60.1 Å². The zero-order valence-corrected chi connectivity index (χ0v) is 9.20. The van der Waals surface area contributed by atoms with E-state index in [9.17, 15) is 0 Å². The summed E-state index contributed by atoms with van der Waals surface area (Å²) >= 11 is 3.24. The van der Waals surface area contributed by atoms with E-state index in [2.05, 4.69) is 34.1 Å². The van der Waals surface area contributed by atoms with Gasteiger partial charge in [0.15, 0.2) is 0 Å². The van der Waals surface area contributed by atoms with Gasteiger partial charge in [-0.3, -0.25) is 0 Å². The molecular formula is C11H10BrNO. The first-order valence-electron chi connectivity index (χ1n) is 4.01. The maximum Gasteiger partial charge on any atom is 0.145 e. The van der Waals surface area contributed by atoms with Crippen LogP contribution in [0.4, 0.5) is 0 Å². The van der Waals surface area contributed by atoms with Gasteiger partial charge in [-0.2, -0.15) is 0 Å². The number of hydrogen-bond donors (Lipinski definition) is 0. The van der Waals surface area contributed by atoms with Crippen molar-refractivity contribution in [3.63, 3.8) is 0 Å². The van der Waals surface area contributed by atoms with Gasteiger partial charge < -0.3 is 4.74 Å². The Balaban J connectivity index is 2.77. The van der Waals surface area contributed by atoms with E-state index in [4.69, 9.17) is 4.74 Å². The molecule has 14 heavy (non-hydrogen) atoms. The van der Waals surface area contributed by atoms with Crippen LogP contribution in [-0.2, 0) is 0 Å². The number of hydrogen-bond acceptors (Lipinski definition) is 2. The summed E-state index contributed by atoms with van der Waals surface area (Å²) < 4.78 is 6.22. The van der Waals surface area contributed by atoms with Gasteiger partial charge in [-0.05, 0) is 40.2 Å². The fourth-order valence-corrected chi connectivity index (χ4v) is 1.05. The molecule has 0 amide bonds. The average molecular weight is 252 g/mol. The van der Waals surface area contributed by atoms with Crippen LogP contribution in [0.5, 0.6) is 5.75 Å². The Morgan fingerprint density at radius 3 is 2.71 bits per heavy atom. The zero-order valence-electron chi connectivity index (χ0n) is 7.61. The molecule has 1 aromatic rings. The number of nitrogens with zero attached hydrogens (tertiary/aromatic N) is 1. The number of aromatic nitrogens is 1. The summed E-state index contributed by atoms with van der Waals surface area (Å²) in [6.07, 6.45) is 6.62. The number of allylic oxidation sites excluding steroid dienone is 3. The fraction of sp³-hybridized carbons (Fsp3) is 0. The molecule has 0 aliphatic rings. The van der Waals surface area contributed by atoms with Crippen LogP contribution in [0, 0.1) is 0 Å². The molecule has 1 aromatic heterocycles. The van der Waals surface area contributed by atoms with Crippen molar-refractivity contribution in [1.82, 2.24) is 4.98 Å². The highest BCUT2D eigenvalue weighted by Crippen LogP contribution is 2.15. The molecule has 0 saturated heterocycles. The summed E-state index contributed by atoms with van der Waals surface area (Å²) in [5.74, 6) is 1.31. The Hall–Kier alpha value is -1.35. The Morgan fingerprint density at radius 2 is 2.21 bits per heavy atom. The van der Waals surface area contributed by atoms with Gasteiger partial charge >= 0.3 is 0 Å². The molecule has 0 aliphatic carbocycles. The van der Waals surface area contributed by atoms with E-state index in [0.29, 0.717) is 11.5 Å². The molecule has 0 fully saturated rings. The van der Waals surface area contributed by atoms with Gasteiger partial charge in [-0.1, -0.05) is 19.2 Å². The summed E-state index contributed by atoms with van der Waals surface area (Å²) in [5.41, 5.74) is 0. The lowest BCUT2D eigenvalue weighted by Crippen LogP contribution is -1.91. The first kappa shape index (κ1) is 10.7. The molecule has 0 spiro atoms. The molecule has 0 radical (unpaired) electrons. The average Bonchev–Trinajstić information content (AvgIpc) is 2.20. The molecule has 0 unspecified atom stereocenters. The predicted octanol–water partition coefficient (Wildman–Crippen LogP) is 3.48. The van der Waals surface area contributed by atoms with E-state index < -0.39 is 0 Å². The van der Waals surface area contributed by atoms with Crippen molar-refractivity contribution < 1.29 is 4.74 Å². The van der Waals surface area contributed by atoms with Crippen molar-refractivity contribution in [1.29, 1.82) is 0 Å². The monoisotopic (exact) mass is 251 g/mol. The number of halogens is 1. The van der Waals surface area contributed by atoms with Crippen molar-refractivity contribution >= 4 is 15.9 Å². The zero-order chi connectivity index (χ0) is 10.4. The molecule has 0 aliphatic heterocycles. The molecule has 0 bridgehead atoms. The SMILES string of the molecule is C=C/C=C(\C=C)Oc1ccc(Br)nc1. The molecule has 72 valence electrons. The van der Waals surface area contributed by atoms with Gasteiger partial charge in [-0.25, -0.2) is 4.98 Å². The second-order valence-electron chi connectivity index (χ2n) is 2.43. The molecule has 3 heteroatoms. The molecule has 0 aromatic carbocycles. The summed E-state index contributed by atoms with van der Waals surface area (Å²) in [7, 11) is 0. The summed E-state index contributed by atoms with van der Waals surface area (Å²) in [4.78, 5) is 4.03. The van der Waals surface area contributed by atoms with E-state index in [1.807, 2.05) is 12.1 Å². The molecule has 0 N–H and O–H groups in total. The largest absolute Gasteiger partial charge is 0.456 e. The maximum absolute atomic E-state index is 5.45. The quantitative estimate of drug-likeness (QED) is 0.465. The normalized spacial score (nSPS) is 10.8. The minimum absolute atomic E-state index is 0.643. The number of ether oxygens (including phenoxy) is 1. The lowest BCUT2D eigenvalue weighted by Gasteiger charge is -2.04. The molecule has 0 saturated carbocycles. The first-order chi connectivity index (χ1) is 6.76. The fourth-order valence-electron chi connectivity index (χ4n) is 0.819. The maximum atomic E-state index is 5.45. The van der Waals surface area contributed by atoms with E-state index in [1.165, 1.54) is 0 Å². The highest BCUT2D eigenvalue weighted by molar-refractivity contribution is 9.10. The highest BCUT2D eigenvalue weighted by Gasteiger charge is 1.96. The number of pyridine rings is 1. The minimum atomic E-state index is 0.643. The van der Waals surface area contributed by atoms with Gasteiger partial charge in [0.05, 0.1) is 6.20 Å². The van der Waals surface area contributed by atoms with Gasteiger partial charge in [0.1, 0.15) is 16.1 Å². The lowest BCUT2D eigenvalue weighted by atomic mass is 10.4. The van der Waals surface area contributed by atoms with Crippen LogP contribution in [0.15, 0.2) is 60.1 Å². The highest BCUT2D eigenvalue weighted by atomic mass is 79.9.